The van der Waals surface area contributed by atoms with Crippen molar-refractivity contribution < 1.29 is 4.79 Å². The Bertz CT molecular complexity index is 704. The summed E-state index contributed by atoms with van der Waals surface area (Å²) in [5, 5.41) is 0. The summed E-state index contributed by atoms with van der Waals surface area (Å²) in [6.45, 7) is 6.31. The predicted molar refractivity (Wildman–Crippen MR) is 90.2 cm³/mol. The van der Waals surface area contributed by atoms with Crippen LogP contribution in [0.2, 0.25) is 0 Å². The maximum Gasteiger partial charge on any atom is 0.248 e. The summed E-state index contributed by atoms with van der Waals surface area (Å²) in [5.41, 5.74) is 12.6. The van der Waals surface area contributed by atoms with E-state index >= 15 is 0 Å². The highest BCUT2D eigenvalue weighted by atomic mass is 16.1. The molecule has 1 aliphatic rings. The SMILES string of the molecule is Cc1cc(C)c2c(c1)N(Cc1ccc(C(N)=O)cc1)CCC2. The number of benzene rings is 2. The third-order valence-corrected chi connectivity index (χ3v) is 4.40. The number of hydrogen-bond acceptors (Lipinski definition) is 2. The zero-order valence-electron chi connectivity index (χ0n) is 13.2. The summed E-state index contributed by atoms with van der Waals surface area (Å²) in [6.07, 6.45) is 2.36. The molecule has 1 heterocycles. The highest BCUT2D eigenvalue weighted by molar-refractivity contribution is 5.92. The average molecular weight is 294 g/mol. The first kappa shape index (κ1) is 14.6. The zero-order valence-corrected chi connectivity index (χ0v) is 13.2. The van der Waals surface area contributed by atoms with Gasteiger partial charge in [-0.05, 0) is 67.1 Å². The van der Waals surface area contributed by atoms with Gasteiger partial charge in [0.25, 0.3) is 0 Å². The Morgan fingerprint density at radius 1 is 1.18 bits per heavy atom. The maximum atomic E-state index is 11.2. The minimum atomic E-state index is -0.374. The first-order valence-corrected chi connectivity index (χ1v) is 7.78. The van der Waals surface area contributed by atoms with Crippen LogP contribution < -0.4 is 10.6 Å². The molecular weight excluding hydrogens is 272 g/mol. The number of hydrogen-bond donors (Lipinski definition) is 1. The topological polar surface area (TPSA) is 46.3 Å². The summed E-state index contributed by atoms with van der Waals surface area (Å²) < 4.78 is 0. The van der Waals surface area contributed by atoms with E-state index in [1.54, 1.807) is 0 Å². The van der Waals surface area contributed by atoms with Crippen molar-refractivity contribution in [2.75, 3.05) is 11.4 Å². The van der Waals surface area contributed by atoms with E-state index in [1.165, 1.54) is 40.8 Å². The number of anilines is 1. The van der Waals surface area contributed by atoms with Crippen LogP contribution in [0.3, 0.4) is 0 Å². The van der Waals surface area contributed by atoms with Gasteiger partial charge < -0.3 is 10.6 Å². The molecule has 0 unspecified atom stereocenters. The van der Waals surface area contributed by atoms with Gasteiger partial charge in [0.15, 0.2) is 0 Å². The number of carbonyl (C=O) groups is 1. The minimum Gasteiger partial charge on any atom is -0.367 e. The second kappa shape index (κ2) is 5.84. The second-order valence-electron chi connectivity index (χ2n) is 6.17. The Hall–Kier alpha value is -2.29. The molecule has 1 aliphatic heterocycles. The predicted octanol–water partition coefficient (Wildman–Crippen LogP) is 3.36. The van der Waals surface area contributed by atoms with Crippen LogP contribution in [0, 0.1) is 13.8 Å². The van der Waals surface area contributed by atoms with Crippen LogP contribution >= 0.6 is 0 Å². The third kappa shape index (κ3) is 2.84. The van der Waals surface area contributed by atoms with Crippen molar-refractivity contribution in [3.63, 3.8) is 0 Å². The lowest BCUT2D eigenvalue weighted by Gasteiger charge is -2.33. The molecule has 3 heteroatoms. The molecule has 0 spiro atoms. The first-order chi connectivity index (χ1) is 10.5. The summed E-state index contributed by atoms with van der Waals surface area (Å²) in [5.74, 6) is -0.374. The molecule has 0 fully saturated rings. The van der Waals surface area contributed by atoms with Crippen LogP contribution in [-0.2, 0) is 13.0 Å². The van der Waals surface area contributed by atoms with E-state index in [0.29, 0.717) is 5.56 Å². The quantitative estimate of drug-likeness (QED) is 0.943. The van der Waals surface area contributed by atoms with E-state index in [1.807, 2.05) is 24.3 Å². The van der Waals surface area contributed by atoms with Crippen molar-refractivity contribution >= 4 is 11.6 Å². The second-order valence-corrected chi connectivity index (χ2v) is 6.17. The van der Waals surface area contributed by atoms with E-state index < -0.39 is 0 Å². The van der Waals surface area contributed by atoms with Crippen molar-refractivity contribution in [3.05, 3.63) is 64.2 Å². The van der Waals surface area contributed by atoms with Gasteiger partial charge in [0.2, 0.25) is 5.91 Å². The molecule has 1 amide bonds. The van der Waals surface area contributed by atoms with Gasteiger partial charge in [-0.3, -0.25) is 4.79 Å². The summed E-state index contributed by atoms with van der Waals surface area (Å²) in [7, 11) is 0. The molecule has 0 aromatic heterocycles. The fourth-order valence-electron chi connectivity index (χ4n) is 3.31. The van der Waals surface area contributed by atoms with Crippen LogP contribution in [0.5, 0.6) is 0 Å². The molecule has 2 aromatic carbocycles. The summed E-state index contributed by atoms with van der Waals surface area (Å²) >= 11 is 0. The number of rotatable bonds is 3. The van der Waals surface area contributed by atoms with E-state index in [0.717, 1.165) is 13.1 Å². The number of amides is 1. The number of fused-ring (bicyclic) bond motifs is 1. The van der Waals surface area contributed by atoms with Crippen LogP contribution in [-0.4, -0.2) is 12.5 Å². The van der Waals surface area contributed by atoms with Gasteiger partial charge >= 0.3 is 0 Å². The van der Waals surface area contributed by atoms with Crippen LogP contribution in [0.1, 0.15) is 39.0 Å². The van der Waals surface area contributed by atoms with Crippen LogP contribution in [0.4, 0.5) is 5.69 Å². The molecule has 0 aliphatic carbocycles. The molecule has 0 radical (unpaired) electrons. The molecule has 0 saturated heterocycles. The number of nitrogens with two attached hydrogens (primary N) is 1. The molecule has 3 nitrogen and oxygen atoms in total. The number of aryl methyl sites for hydroxylation is 2. The largest absolute Gasteiger partial charge is 0.367 e. The lowest BCUT2D eigenvalue weighted by molar-refractivity contribution is 0.100. The number of nitrogens with zero attached hydrogens (tertiary/aromatic N) is 1. The van der Waals surface area contributed by atoms with Gasteiger partial charge in [-0.1, -0.05) is 18.2 Å². The van der Waals surface area contributed by atoms with E-state index in [9.17, 15) is 4.79 Å². The van der Waals surface area contributed by atoms with Gasteiger partial charge in [0.05, 0.1) is 0 Å². The highest BCUT2D eigenvalue weighted by Gasteiger charge is 2.19. The molecule has 0 atom stereocenters. The van der Waals surface area contributed by atoms with Gasteiger partial charge in [-0.2, -0.15) is 0 Å². The Labute approximate surface area is 131 Å². The average Bonchev–Trinajstić information content (AvgIpc) is 2.48. The van der Waals surface area contributed by atoms with E-state index in [-0.39, 0.29) is 5.91 Å². The van der Waals surface area contributed by atoms with Crippen molar-refractivity contribution in [1.82, 2.24) is 0 Å². The molecule has 114 valence electrons. The Morgan fingerprint density at radius 3 is 2.59 bits per heavy atom. The van der Waals surface area contributed by atoms with Gasteiger partial charge in [-0.25, -0.2) is 0 Å². The first-order valence-electron chi connectivity index (χ1n) is 7.78. The highest BCUT2D eigenvalue weighted by Crippen LogP contribution is 2.32. The van der Waals surface area contributed by atoms with Crippen LogP contribution in [0.25, 0.3) is 0 Å². The Kier molecular flexibility index (Phi) is 3.88. The molecule has 22 heavy (non-hydrogen) atoms. The smallest absolute Gasteiger partial charge is 0.248 e. The van der Waals surface area contributed by atoms with Gasteiger partial charge in [-0.15, -0.1) is 0 Å². The minimum absolute atomic E-state index is 0.374. The standard InChI is InChI=1S/C19H22N2O/c1-13-10-14(2)17-4-3-9-21(18(17)11-13)12-15-5-7-16(8-6-15)19(20)22/h5-8,10-11H,3-4,9,12H2,1-2H3,(H2,20,22). The Morgan fingerprint density at radius 2 is 1.91 bits per heavy atom. The van der Waals surface area contributed by atoms with Crippen molar-refractivity contribution in [2.45, 2.75) is 33.2 Å². The third-order valence-electron chi connectivity index (χ3n) is 4.40. The summed E-state index contributed by atoms with van der Waals surface area (Å²) in [6, 6.07) is 12.2. The van der Waals surface area contributed by atoms with Crippen molar-refractivity contribution in [2.24, 2.45) is 5.73 Å². The van der Waals surface area contributed by atoms with Crippen molar-refractivity contribution in [1.29, 1.82) is 0 Å². The monoisotopic (exact) mass is 294 g/mol. The fourth-order valence-corrected chi connectivity index (χ4v) is 3.31. The normalized spacial score (nSPS) is 13.8. The maximum absolute atomic E-state index is 11.2. The number of carbonyl (C=O) groups excluding carboxylic acids is 1. The molecule has 0 saturated carbocycles. The lowest BCUT2D eigenvalue weighted by atomic mass is 9.94. The molecule has 3 rings (SSSR count). The van der Waals surface area contributed by atoms with Gasteiger partial charge in [0.1, 0.15) is 0 Å². The molecule has 2 N–H and O–H groups in total. The van der Waals surface area contributed by atoms with Crippen molar-refractivity contribution in [3.8, 4) is 0 Å². The molecule has 0 bridgehead atoms. The molecule has 2 aromatic rings. The molecular formula is C19H22N2O. The lowest BCUT2D eigenvalue weighted by Crippen LogP contribution is -2.29. The Balaban J connectivity index is 1.87. The summed E-state index contributed by atoms with van der Waals surface area (Å²) in [4.78, 5) is 13.6. The number of primary amides is 1. The zero-order chi connectivity index (χ0) is 15.7. The van der Waals surface area contributed by atoms with Gasteiger partial charge in [0, 0.05) is 24.3 Å². The van der Waals surface area contributed by atoms with E-state index in [4.69, 9.17) is 5.73 Å². The fraction of sp³-hybridized carbons (Fsp3) is 0.316. The van der Waals surface area contributed by atoms with E-state index in [2.05, 4.69) is 30.9 Å². The van der Waals surface area contributed by atoms with Crippen LogP contribution in [0.15, 0.2) is 36.4 Å².